The number of aliphatic hydroxyl groups is 4. The number of thioether (sulfide) groups is 1. The Morgan fingerprint density at radius 2 is 1.96 bits per heavy atom. The lowest BCUT2D eigenvalue weighted by molar-refractivity contribution is -0.205. The molecule has 0 spiro atoms. The summed E-state index contributed by atoms with van der Waals surface area (Å²) < 4.78 is 39.1. The fourth-order valence-corrected chi connectivity index (χ4v) is 3.25. The van der Waals surface area contributed by atoms with Crippen molar-refractivity contribution in [2.24, 2.45) is 5.16 Å². The van der Waals surface area contributed by atoms with E-state index in [0.29, 0.717) is 12.8 Å². The molecule has 1 rings (SSSR count). The fraction of sp³-hybridized carbons (Fsp3) is 0.750. The lowest BCUT2D eigenvalue weighted by Gasteiger charge is -2.39. The van der Waals surface area contributed by atoms with Crippen LogP contribution in [0.5, 0.6) is 0 Å². The predicted octanol–water partition coefficient (Wildman–Crippen LogP) is -0.991. The number of allylic oxidation sites excluding steroid dienone is 1. The van der Waals surface area contributed by atoms with Gasteiger partial charge >= 0.3 is 10.4 Å². The zero-order valence-corrected chi connectivity index (χ0v) is 14.3. The molecule has 5 N–H and O–H groups in total. The van der Waals surface area contributed by atoms with Gasteiger partial charge in [0.15, 0.2) is 0 Å². The standard InChI is InChI=1S/C12H21NO9S2/c1-2-3-4-5-8(13-22-24(18,19)20)23-12-11(17)10(16)9(15)7(6-14)21-12/h2,7,9-12,14-17H,1,3-6H2,(H,18,19,20). The third-order valence-corrected chi connectivity index (χ3v) is 4.57. The summed E-state index contributed by atoms with van der Waals surface area (Å²) in [5.41, 5.74) is -1.13. The molecule has 1 heterocycles. The number of oxime groups is 1. The van der Waals surface area contributed by atoms with Gasteiger partial charge in [0.05, 0.1) is 6.61 Å². The van der Waals surface area contributed by atoms with Crippen molar-refractivity contribution in [1.29, 1.82) is 0 Å². The normalized spacial score (nSPS) is 31.7. The Morgan fingerprint density at radius 3 is 2.50 bits per heavy atom. The molecule has 0 aromatic rings. The van der Waals surface area contributed by atoms with Gasteiger partial charge in [0.2, 0.25) is 0 Å². The highest BCUT2D eigenvalue weighted by molar-refractivity contribution is 8.14. The van der Waals surface area contributed by atoms with E-state index < -0.39 is 46.9 Å². The van der Waals surface area contributed by atoms with Crippen molar-refractivity contribution in [3.63, 3.8) is 0 Å². The van der Waals surface area contributed by atoms with Gasteiger partial charge in [-0.1, -0.05) is 23.0 Å². The second kappa shape index (κ2) is 9.68. The number of hydrogen-bond acceptors (Lipinski definition) is 10. The molecule has 0 aromatic carbocycles. The molecular formula is C12H21NO9S2. The highest BCUT2D eigenvalue weighted by Crippen LogP contribution is 2.30. The van der Waals surface area contributed by atoms with Crippen LogP contribution < -0.4 is 0 Å². The highest BCUT2D eigenvalue weighted by atomic mass is 32.3. The number of nitrogens with zero attached hydrogens (tertiary/aromatic N) is 1. The minimum atomic E-state index is -4.79. The monoisotopic (exact) mass is 387 g/mol. The molecule has 12 heteroatoms. The number of aliphatic hydroxyl groups excluding tert-OH is 4. The Bertz CT molecular complexity index is 537. The quantitative estimate of drug-likeness (QED) is 0.0871. The van der Waals surface area contributed by atoms with Gasteiger partial charge in [-0.2, -0.15) is 8.42 Å². The molecule has 0 saturated carbocycles. The molecule has 0 amide bonds. The molecule has 0 radical (unpaired) electrons. The van der Waals surface area contributed by atoms with E-state index in [1.807, 2.05) is 0 Å². The van der Waals surface area contributed by atoms with E-state index in [-0.39, 0.29) is 11.5 Å². The van der Waals surface area contributed by atoms with Crippen LogP contribution in [-0.4, -0.2) is 74.9 Å². The Labute approximate surface area is 143 Å². The first kappa shape index (κ1) is 21.3. The van der Waals surface area contributed by atoms with E-state index in [0.717, 1.165) is 11.8 Å². The third-order valence-electron chi connectivity index (χ3n) is 3.13. The van der Waals surface area contributed by atoms with E-state index in [9.17, 15) is 23.7 Å². The number of ether oxygens (including phenoxy) is 1. The highest BCUT2D eigenvalue weighted by Gasteiger charge is 2.44. The second-order valence-electron chi connectivity index (χ2n) is 4.98. The average molecular weight is 387 g/mol. The molecule has 0 aromatic heterocycles. The summed E-state index contributed by atoms with van der Waals surface area (Å²) in [6.45, 7) is 2.95. The minimum absolute atomic E-state index is 0.0683. The molecule has 5 unspecified atom stereocenters. The number of hydrogen-bond donors (Lipinski definition) is 5. The molecule has 10 nitrogen and oxygen atoms in total. The van der Waals surface area contributed by atoms with Crippen molar-refractivity contribution in [1.82, 2.24) is 0 Å². The van der Waals surface area contributed by atoms with Gasteiger partial charge < -0.3 is 25.2 Å². The molecular weight excluding hydrogens is 366 g/mol. The van der Waals surface area contributed by atoms with E-state index in [4.69, 9.17) is 14.4 Å². The topological polar surface area (TPSA) is 166 Å². The van der Waals surface area contributed by atoms with E-state index in [1.165, 1.54) is 0 Å². The van der Waals surface area contributed by atoms with Gasteiger partial charge in [-0.3, -0.25) is 4.55 Å². The molecule has 0 aliphatic carbocycles. The van der Waals surface area contributed by atoms with Crippen LogP contribution in [0.3, 0.4) is 0 Å². The van der Waals surface area contributed by atoms with Crippen LogP contribution in [0.2, 0.25) is 0 Å². The SMILES string of the molecule is C=CCCCC(=NOS(=O)(=O)O)SC1OC(CO)C(O)C(O)C1O. The molecule has 1 aliphatic heterocycles. The Balaban J connectivity index is 2.84. The van der Waals surface area contributed by atoms with Gasteiger partial charge in [-0.25, -0.2) is 4.28 Å². The van der Waals surface area contributed by atoms with Crippen molar-refractivity contribution >= 4 is 27.2 Å². The molecule has 1 saturated heterocycles. The Kier molecular flexibility index (Phi) is 8.59. The van der Waals surface area contributed by atoms with Crippen molar-refractivity contribution < 1.29 is 42.4 Å². The van der Waals surface area contributed by atoms with Gasteiger partial charge in [0, 0.05) is 0 Å². The molecule has 1 fully saturated rings. The summed E-state index contributed by atoms with van der Waals surface area (Å²) in [6, 6.07) is 0. The van der Waals surface area contributed by atoms with Crippen molar-refractivity contribution in [2.75, 3.05) is 6.61 Å². The van der Waals surface area contributed by atoms with E-state index in [1.54, 1.807) is 6.08 Å². The van der Waals surface area contributed by atoms with Gasteiger partial charge in [-0.15, -0.1) is 6.58 Å². The summed E-state index contributed by atoms with van der Waals surface area (Å²) in [7, 11) is -4.79. The summed E-state index contributed by atoms with van der Waals surface area (Å²) in [5, 5.41) is 41.9. The van der Waals surface area contributed by atoms with Gasteiger partial charge in [-0.05, 0) is 19.3 Å². The molecule has 1 aliphatic rings. The van der Waals surface area contributed by atoms with E-state index >= 15 is 0 Å². The van der Waals surface area contributed by atoms with Crippen LogP contribution in [0.15, 0.2) is 17.8 Å². The van der Waals surface area contributed by atoms with Crippen molar-refractivity contribution in [3.8, 4) is 0 Å². The van der Waals surface area contributed by atoms with Gasteiger partial charge in [0.1, 0.15) is 34.9 Å². The lowest BCUT2D eigenvalue weighted by Crippen LogP contribution is -2.57. The Hall–Kier alpha value is -0.730. The third kappa shape index (κ3) is 6.64. The number of rotatable bonds is 8. The van der Waals surface area contributed by atoms with Crippen molar-refractivity contribution in [3.05, 3.63) is 12.7 Å². The van der Waals surface area contributed by atoms with Crippen LogP contribution in [0, 0.1) is 0 Å². The summed E-state index contributed by atoms with van der Waals surface area (Å²) in [5.74, 6) is 0. The lowest BCUT2D eigenvalue weighted by atomic mass is 10.0. The maximum Gasteiger partial charge on any atom is 0.466 e. The minimum Gasteiger partial charge on any atom is -0.394 e. The summed E-state index contributed by atoms with van der Waals surface area (Å²) in [6.07, 6.45) is -2.69. The fourth-order valence-electron chi connectivity index (χ4n) is 1.91. The zero-order chi connectivity index (χ0) is 18.3. The maximum atomic E-state index is 10.6. The molecule has 5 atom stereocenters. The second-order valence-corrected chi connectivity index (χ2v) is 7.16. The first-order valence-corrected chi connectivity index (χ1v) is 9.25. The van der Waals surface area contributed by atoms with Gasteiger partial charge in [0.25, 0.3) is 0 Å². The number of unbranched alkanes of at least 4 members (excludes halogenated alkanes) is 1. The largest absolute Gasteiger partial charge is 0.466 e. The van der Waals surface area contributed by atoms with Crippen LogP contribution in [0.25, 0.3) is 0 Å². The first-order chi connectivity index (χ1) is 11.2. The maximum absolute atomic E-state index is 10.6. The smallest absolute Gasteiger partial charge is 0.394 e. The van der Waals surface area contributed by atoms with Crippen LogP contribution >= 0.6 is 11.8 Å². The zero-order valence-electron chi connectivity index (χ0n) is 12.6. The summed E-state index contributed by atoms with van der Waals surface area (Å²) >= 11 is 0.750. The predicted molar refractivity (Wildman–Crippen MR) is 85.5 cm³/mol. The molecule has 140 valence electrons. The summed E-state index contributed by atoms with van der Waals surface area (Å²) in [4.78, 5) is 0. The molecule has 24 heavy (non-hydrogen) atoms. The van der Waals surface area contributed by atoms with Crippen molar-refractivity contribution in [2.45, 2.75) is 49.1 Å². The molecule has 0 bridgehead atoms. The van der Waals surface area contributed by atoms with E-state index in [2.05, 4.69) is 16.0 Å². The Morgan fingerprint density at radius 1 is 1.29 bits per heavy atom. The van der Waals surface area contributed by atoms with Crippen LogP contribution in [-0.2, 0) is 19.4 Å². The average Bonchev–Trinajstić information content (AvgIpc) is 2.52. The van der Waals surface area contributed by atoms with Crippen LogP contribution in [0.1, 0.15) is 19.3 Å². The van der Waals surface area contributed by atoms with Crippen LogP contribution in [0.4, 0.5) is 0 Å². The first-order valence-electron chi connectivity index (χ1n) is 7.00.